The number of carbonyl (C=O) groups excluding carboxylic acids is 5. The minimum Gasteiger partial charge on any atom is -0.465 e. The Kier molecular flexibility index (Phi) is 9.67. The van der Waals surface area contributed by atoms with Crippen LogP contribution in [0.2, 0.25) is 0 Å². The highest BCUT2D eigenvalue weighted by Crippen LogP contribution is 2.33. The molecule has 12 heteroatoms. The molecular formula is C28H36N4O8. The van der Waals surface area contributed by atoms with Crippen LogP contribution in [0.3, 0.4) is 0 Å². The summed E-state index contributed by atoms with van der Waals surface area (Å²) in [5, 5.41) is 0.341. The van der Waals surface area contributed by atoms with Crippen molar-refractivity contribution >= 4 is 40.7 Å². The lowest BCUT2D eigenvalue weighted by Gasteiger charge is -2.36. The fourth-order valence-electron chi connectivity index (χ4n) is 4.62. The van der Waals surface area contributed by atoms with Gasteiger partial charge in [-0.05, 0) is 40.2 Å². The Bertz CT molecular complexity index is 1300. The van der Waals surface area contributed by atoms with Gasteiger partial charge in [-0.15, -0.1) is 0 Å². The van der Waals surface area contributed by atoms with Crippen molar-refractivity contribution in [1.29, 1.82) is 0 Å². The zero-order valence-corrected chi connectivity index (χ0v) is 23.5. The predicted molar refractivity (Wildman–Crippen MR) is 145 cm³/mol. The quantitative estimate of drug-likeness (QED) is 0.381. The summed E-state index contributed by atoms with van der Waals surface area (Å²) in [5.74, 6) is -3.84. The second-order valence-electron chi connectivity index (χ2n) is 10.3. The van der Waals surface area contributed by atoms with Crippen LogP contribution in [0.15, 0.2) is 24.3 Å². The van der Waals surface area contributed by atoms with Gasteiger partial charge >= 0.3 is 18.0 Å². The van der Waals surface area contributed by atoms with Crippen LogP contribution in [0.4, 0.5) is 4.79 Å². The standard InChI is InChI=1S/C28H36N4O8/c1-6-39-27(37)32-15-13-31(14-16-32)25(35)18(11-12-20(33)40-28(2,3)4)23-22(24(29)34)21(26(36)38-5)17-9-7-8-10-19(17)30-23/h7-10,18H,6,11-16H2,1-5H3,(H2,29,34). The van der Waals surface area contributed by atoms with E-state index in [0.29, 0.717) is 10.9 Å². The number of carbonyl (C=O) groups is 5. The average Bonchev–Trinajstić information content (AvgIpc) is 2.90. The summed E-state index contributed by atoms with van der Waals surface area (Å²) in [6.07, 6.45) is -0.680. The number of rotatable bonds is 8. The number of esters is 2. The number of aromatic nitrogens is 1. The zero-order chi connectivity index (χ0) is 29.6. The van der Waals surface area contributed by atoms with Crippen LogP contribution in [-0.2, 0) is 23.8 Å². The van der Waals surface area contributed by atoms with Gasteiger partial charge in [0.05, 0.1) is 42.0 Å². The fourth-order valence-corrected chi connectivity index (χ4v) is 4.62. The summed E-state index contributed by atoms with van der Waals surface area (Å²) in [7, 11) is 1.18. The number of fused-ring (bicyclic) bond motifs is 1. The molecule has 2 heterocycles. The molecule has 2 aromatic rings. The largest absolute Gasteiger partial charge is 0.465 e. The number of nitrogens with zero attached hydrogens (tertiary/aromatic N) is 3. The SMILES string of the molecule is CCOC(=O)N1CCN(C(=O)C(CCC(=O)OC(C)(C)C)c2nc3ccccc3c(C(=O)OC)c2C(N)=O)CC1. The normalized spacial score (nSPS) is 14.4. The molecule has 1 saturated heterocycles. The average molecular weight is 557 g/mol. The minimum absolute atomic E-state index is 0.0204. The number of hydrogen-bond acceptors (Lipinski definition) is 9. The van der Waals surface area contributed by atoms with Gasteiger partial charge in [0.25, 0.3) is 5.91 Å². The third-order valence-electron chi connectivity index (χ3n) is 6.36. The van der Waals surface area contributed by atoms with Crippen LogP contribution >= 0.6 is 0 Å². The molecule has 1 aromatic carbocycles. The summed E-state index contributed by atoms with van der Waals surface area (Å²) < 4.78 is 15.4. The molecule has 0 saturated carbocycles. The molecule has 1 aliphatic rings. The molecule has 12 nitrogen and oxygen atoms in total. The molecule has 1 aliphatic heterocycles. The number of benzene rings is 1. The molecular weight excluding hydrogens is 520 g/mol. The molecule has 0 aliphatic carbocycles. The summed E-state index contributed by atoms with van der Waals surface area (Å²) in [6, 6.07) is 6.63. The Labute approximate surface area is 232 Å². The van der Waals surface area contributed by atoms with E-state index >= 15 is 0 Å². The van der Waals surface area contributed by atoms with E-state index in [1.165, 1.54) is 16.9 Å². The van der Waals surface area contributed by atoms with Crippen molar-refractivity contribution in [2.45, 2.75) is 52.1 Å². The van der Waals surface area contributed by atoms with E-state index < -0.39 is 41.4 Å². The fraction of sp³-hybridized carbons (Fsp3) is 0.500. The van der Waals surface area contributed by atoms with Gasteiger partial charge in [0.2, 0.25) is 5.91 Å². The number of pyridine rings is 1. The Hall–Kier alpha value is -4.22. The van der Waals surface area contributed by atoms with Crippen LogP contribution in [0, 0.1) is 0 Å². The smallest absolute Gasteiger partial charge is 0.409 e. The van der Waals surface area contributed by atoms with E-state index in [2.05, 4.69) is 4.98 Å². The van der Waals surface area contributed by atoms with Gasteiger partial charge in [-0.25, -0.2) is 9.59 Å². The number of ether oxygens (including phenoxy) is 3. The summed E-state index contributed by atoms with van der Waals surface area (Å²) >= 11 is 0. The molecule has 216 valence electrons. The van der Waals surface area contributed by atoms with Crippen molar-refractivity contribution in [1.82, 2.24) is 14.8 Å². The van der Waals surface area contributed by atoms with Crippen molar-refractivity contribution in [3.63, 3.8) is 0 Å². The maximum Gasteiger partial charge on any atom is 0.409 e. The first-order chi connectivity index (χ1) is 18.9. The number of hydrogen-bond donors (Lipinski definition) is 1. The third kappa shape index (κ3) is 7.04. The third-order valence-corrected chi connectivity index (χ3v) is 6.36. The van der Waals surface area contributed by atoms with Crippen LogP contribution in [0.5, 0.6) is 0 Å². The van der Waals surface area contributed by atoms with Gasteiger partial charge in [0.15, 0.2) is 0 Å². The lowest BCUT2D eigenvalue weighted by atomic mass is 9.89. The second kappa shape index (κ2) is 12.8. The molecule has 0 spiro atoms. The number of methoxy groups -OCH3 is 1. The van der Waals surface area contributed by atoms with Gasteiger partial charge < -0.3 is 29.7 Å². The van der Waals surface area contributed by atoms with E-state index in [9.17, 15) is 24.0 Å². The second-order valence-corrected chi connectivity index (χ2v) is 10.3. The Morgan fingerprint density at radius 1 is 1.00 bits per heavy atom. The number of piperazine rings is 1. The lowest BCUT2D eigenvalue weighted by Crippen LogP contribution is -2.52. The van der Waals surface area contributed by atoms with E-state index in [0.717, 1.165) is 0 Å². The van der Waals surface area contributed by atoms with Crippen LogP contribution < -0.4 is 5.73 Å². The van der Waals surface area contributed by atoms with Gasteiger partial charge in [-0.1, -0.05) is 18.2 Å². The first-order valence-electron chi connectivity index (χ1n) is 13.1. The van der Waals surface area contributed by atoms with E-state index in [1.807, 2.05) is 0 Å². The van der Waals surface area contributed by atoms with Gasteiger partial charge in [-0.3, -0.25) is 19.4 Å². The van der Waals surface area contributed by atoms with E-state index in [1.54, 1.807) is 52.0 Å². The first-order valence-corrected chi connectivity index (χ1v) is 13.1. The molecule has 3 rings (SSSR count). The number of amides is 3. The molecule has 40 heavy (non-hydrogen) atoms. The Morgan fingerprint density at radius 3 is 2.20 bits per heavy atom. The zero-order valence-electron chi connectivity index (χ0n) is 23.5. The van der Waals surface area contributed by atoms with E-state index in [-0.39, 0.29) is 62.4 Å². The van der Waals surface area contributed by atoms with Crippen LogP contribution in [0.1, 0.15) is 72.9 Å². The van der Waals surface area contributed by atoms with Gasteiger partial charge in [0.1, 0.15) is 5.60 Å². The van der Waals surface area contributed by atoms with Gasteiger partial charge in [-0.2, -0.15) is 0 Å². The van der Waals surface area contributed by atoms with Crippen molar-refractivity contribution in [3.05, 3.63) is 41.1 Å². The highest BCUT2D eigenvalue weighted by Gasteiger charge is 2.36. The molecule has 0 radical (unpaired) electrons. The van der Waals surface area contributed by atoms with Gasteiger partial charge in [0, 0.05) is 38.0 Å². The summed E-state index contributed by atoms with van der Waals surface area (Å²) in [6.45, 7) is 8.02. The highest BCUT2D eigenvalue weighted by molar-refractivity contribution is 6.14. The first kappa shape index (κ1) is 30.3. The number of para-hydroxylation sites is 1. The summed E-state index contributed by atoms with van der Waals surface area (Å²) in [4.78, 5) is 72.1. The highest BCUT2D eigenvalue weighted by atomic mass is 16.6. The number of primary amides is 1. The predicted octanol–water partition coefficient (Wildman–Crippen LogP) is 2.63. The monoisotopic (exact) mass is 556 g/mol. The lowest BCUT2D eigenvalue weighted by molar-refractivity contribution is -0.155. The molecule has 1 aromatic heterocycles. The van der Waals surface area contributed by atoms with Crippen LogP contribution in [-0.4, -0.2) is 90.1 Å². The molecule has 1 fully saturated rings. The molecule has 0 bridgehead atoms. The maximum absolute atomic E-state index is 14.0. The maximum atomic E-state index is 14.0. The van der Waals surface area contributed by atoms with Crippen molar-refractivity contribution in [2.24, 2.45) is 5.73 Å². The minimum atomic E-state index is -1.11. The molecule has 1 atom stereocenters. The van der Waals surface area contributed by atoms with Crippen molar-refractivity contribution in [3.8, 4) is 0 Å². The molecule has 3 amide bonds. The summed E-state index contributed by atoms with van der Waals surface area (Å²) in [5.41, 5.74) is 5.03. The molecule has 1 unspecified atom stereocenters. The Balaban J connectivity index is 2.07. The van der Waals surface area contributed by atoms with Crippen LogP contribution in [0.25, 0.3) is 10.9 Å². The van der Waals surface area contributed by atoms with E-state index in [4.69, 9.17) is 19.9 Å². The van der Waals surface area contributed by atoms with Crippen molar-refractivity contribution in [2.75, 3.05) is 39.9 Å². The topological polar surface area (TPSA) is 158 Å². The Morgan fingerprint density at radius 2 is 1.62 bits per heavy atom. The van der Waals surface area contributed by atoms with Crippen molar-refractivity contribution < 1.29 is 38.2 Å². The number of nitrogens with two attached hydrogens (primary N) is 1. The molecule has 2 N–H and O–H groups in total.